The highest BCUT2D eigenvalue weighted by atomic mass is 16.3. The Kier molecular flexibility index (Phi) is 8.12. The SMILES string of the molecule is CC(C)(C)c1ccccc1N(c1ccc2c(c1)C(C)(C)c1cc(-c3ccccn3)c3oc4ccccc4c3c1-2)c1ccc2c(c1)C(C)(C)c1c3c(c4oc5ccccc5c4c1-2)-c1ccccc1C3(C)C. The highest BCUT2D eigenvalue weighted by Gasteiger charge is 2.49. The Hall–Kier alpha value is -7.69. The van der Waals surface area contributed by atoms with Gasteiger partial charge in [-0.05, 0) is 133 Å². The average molecular weight is 907 g/mol. The topological polar surface area (TPSA) is 42.4 Å². The van der Waals surface area contributed by atoms with E-state index in [0.717, 1.165) is 55.7 Å². The molecule has 3 aromatic heterocycles. The van der Waals surface area contributed by atoms with Crippen molar-refractivity contribution in [3.63, 3.8) is 0 Å². The summed E-state index contributed by atoms with van der Waals surface area (Å²) in [5.41, 5.74) is 25.0. The largest absolute Gasteiger partial charge is 0.455 e. The van der Waals surface area contributed by atoms with Gasteiger partial charge >= 0.3 is 0 Å². The fourth-order valence-electron chi connectivity index (χ4n) is 13.3. The Morgan fingerprint density at radius 1 is 0.443 bits per heavy atom. The Morgan fingerprint density at radius 2 is 0.986 bits per heavy atom. The average Bonchev–Trinajstić information content (AvgIpc) is 4.11. The summed E-state index contributed by atoms with van der Waals surface area (Å²) in [6.45, 7) is 21.5. The molecule has 4 heteroatoms. The van der Waals surface area contributed by atoms with Gasteiger partial charge in [0.1, 0.15) is 22.3 Å². The van der Waals surface area contributed by atoms with E-state index in [-0.39, 0.29) is 21.7 Å². The highest BCUT2D eigenvalue weighted by Crippen LogP contribution is 2.64. The molecule has 3 aliphatic rings. The lowest BCUT2D eigenvalue weighted by molar-refractivity contribution is 0.591. The number of fused-ring (bicyclic) bond motifs is 19. The summed E-state index contributed by atoms with van der Waals surface area (Å²) < 4.78 is 13.8. The predicted molar refractivity (Wildman–Crippen MR) is 290 cm³/mol. The number of nitrogens with zero attached hydrogens (tertiary/aromatic N) is 2. The van der Waals surface area contributed by atoms with Crippen LogP contribution in [0.4, 0.5) is 17.1 Å². The molecule has 0 aliphatic heterocycles. The van der Waals surface area contributed by atoms with Gasteiger partial charge in [-0.3, -0.25) is 4.98 Å². The van der Waals surface area contributed by atoms with Crippen LogP contribution in [0.2, 0.25) is 0 Å². The van der Waals surface area contributed by atoms with Crippen LogP contribution in [0.3, 0.4) is 0 Å². The normalized spacial score (nSPS) is 15.6. The van der Waals surface area contributed by atoms with Crippen LogP contribution < -0.4 is 4.90 Å². The van der Waals surface area contributed by atoms with E-state index in [1.54, 1.807) is 0 Å². The Labute approximate surface area is 409 Å². The van der Waals surface area contributed by atoms with Crippen molar-refractivity contribution in [2.75, 3.05) is 4.90 Å². The van der Waals surface area contributed by atoms with E-state index in [4.69, 9.17) is 13.8 Å². The van der Waals surface area contributed by atoms with Crippen LogP contribution >= 0.6 is 0 Å². The zero-order chi connectivity index (χ0) is 47.8. The van der Waals surface area contributed by atoms with Crippen molar-refractivity contribution >= 4 is 60.9 Å². The van der Waals surface area contributed by atoms with Gasteiger partial charge in [0.25, 0.3) is 0 Å². The third kappa shape index (κ3) is 5.29. The summed E-state index contributed by atoms with van der Waals surface area (Å²) >= 11 is 0. The molecule has 3 aliphatic carbocycles. The number of furan rings is 2. The minimum atomic E-state index is -0.336. The van der Waals surface area contributed by atoms with Gasteiger partial charge < -0.3 is 13.7 Å². The minimum Gasteiger partial charge on any atom is -0.455 e. The molecule has 0 fully saturated rings. The van der Waals surface area contributed by atoms with E-state index in [9.17, 15) is 0 Å². The van der Waals surface area contributed by atoms with Crippen LogP contribution in [0.25, 0.3) is 88.5 Å². The number of hydrogen-bond acceptors (Lipinski definition) is 4. The van der Waals surface area contributed by atoms with Gasteiger partial charge in [0.15, 0.2) is 0 Å². The Bertz CT molecular complexity index is 4080. The molecule has 3 heterocycles. The zero-order valence-electron chi connectivity index (χ0n) is 41.3. The van der Waals surface area contributed by atoms with Gasteiger partial charge in [-0.25, -0.2) is 0 Å². The van der Waals surface area contributed by atoms with Gasteiger partial charge in [0.05, 0.1) is 5.69 Å². The van der Waals surface area contributed by atoms with Gasteiger partial charge in [0, 0.05) is 72.2 Å². The van der Waals surface area contributed by atoms with Gasteiger partial charge in [-0.1, -0.05) is 159 Å². The van der Waals surface area contributed by atoms with E-state index in [0.29, 0.717) is 0 Å². The number of aromatic nitrogens is 1. The van der Waals surface area contributed by atoms with Crippen molar-refractivity contribution in [1.29, 1.82) is 0 Å². The molecule has 0 radical (unpaired) electrons. The lowest BCUT2D eigenvalue weighted by atomic mass is 9.72. The molecule has 0 saturated heterocycles. The molecule has 340 valence electrons. The first kappa shape index (κ1) is 41.3. The fraction of sp³-hybridized carbons (Fsp3) is 0.197. The van der Waals surface area contributed by atoms with Crippen LogP contribution in [0.5, 0.6) is 0 Å². The molecule has 11 aromatic rings. The van der Waals surface area contributed by atoms with E-state index < -0.39 is 0 Å². The number of anilines is 3. The maximum Gasteiger partial charge on any atom is 0.145 e. The molecule has 0 N–H and O–H groups in total. The highest BCUT2D eigenvalue weighted by molar-refractivity contribution is 6.21. The van der Waals surface area contributed by atoms with Gasteiger partial charge in [-0.2, -0.15) is 0 Å². The third-order valence-electron chi connectivity index (χ3n) is 16.6. The summed E-state index contributed by atoms with van der Waals surface area (Å²) in [6.07, 6.45) is 1.87. The summed E-state index contributed by atoms with van der Waals surface area (Å²) in [4.78, 5) is 7.40. The standard InChI is InChI=1S/C66H54N2O2/c1-63(2,3)46-24-14-15-26-51(46)68(37-29-31-40-47(34-37)64(4,5)49-36-44(50-25-18-19-33-67-50)61-56(54(40)49)42-21-11-16-27-52(42)69-61)38-30-32-41-48(35-38)66(8,9)59-55(41)57-43-22-12-17-28-53(43)70-62(57)58-39-20-10-13-23-45(39)65(6,7)60(58)59/h10-36H,1-9H3. The summed E-state index contributed by atoms with van der Waals surface area (Å²) in [5, 5.41) is 4.67. The summed E-state index contributed by atoms with van der Waals surface area (Å²) in [6, 6.07) is 58.1. The Morgan fingerprint density at radius 3 is 1.67 bits per heavy atom. The molecule has 0 atom stereocenters. The molecule has 14 rings (SSSR count). The number of pyridine rings is 1. The lowest BCUT2D eigenvalue weighted by Gasteiger charge is -2.34. The van der Waals surface area contributed by atoms with Crippen molar-refractivity contribution < 1.29 is 8.83 Å². The molecule has 70 heavy (non-hydrogen) atoms. The van der Waals surface area contributed by atoms with Crippen LogP contribution in [0.1, 0.15) is 101 Å². The first-order chi connectivity index (χ1) is 33.7. The van der Waals surface area contributed by atoms with Crippen molar-refractivity contribution in [3.8, 4) is 44.6 Å². The number of benzene rings is 8. The van der Waals surface area contributed by atoms with E-state index in [2.05, 4.69) is 219 Å². The smallest absolute Gasteiger partial charge is 0.145 e. The molecule has 8 aromatic carbocycles. The summed E-state index contributed by atoms with van der Waals surface area (Å²) in [7, 11) is 0. The molecule has 0 saturated carbocycles. The molecular weight excluding hydrogens is 853 g/mol. The second-order valence-corrected chi connectivity index (χ2v) is 22.6. The molecule has 0 amide bonds. The monoisotopic (exact) mass is 906 g/mol. The summed E-state index contributed by atoms with van der Waals surface area (Å²) in [5.74, 6) is 0. The van der Waals surface area contributed by atoms with Crippen molar-refractivity contribution in [1.82, 2.24) is 4.98 Å². The second-order valence-electron chi connectivity index (χ2n) is 22.6. The van der Waals surface area contributed by atoms with Crippen LogP contribution in [0.15, 0.2) is 173 Å². The van der Waals surface area contributed by atoms with Crippen molar-refractivity contribution in [2.45, 2.75) is 84.0 Å². The first-order valence-electron chi connectivity index (χ1n) is 24.9. The van der Waals surface area contributed by atoms with E-state index in [1.165, 1.54) is 88.8 Å². The van der Waals surface area contributed by atoms with Crippen molar-refractivity contribution in [2.24, 2.45) is 0 Å². The Balaban J connectivity index is 1.01. The van der Waals surface area contributed by atoms with Crippen LogP contribution in [0, 0.1) is 0 Å². The number of hydrogen-bond donors (Lipinski definition) is 0. The molecule has 0 unspecified atom stereocenters. The fourth-order valence-corrected chi connectivity index (χ4v) is 13.3. The van der Waals surface area contributed by atoms with Crippen LogP contribution in [-0.2, 0) is 21.7 Å². The quantitative estimate of drug-likeness (QED) is 0.176. The van der Waals surface area contributed by atoms with E-state index >= 15 is 0 Å². The van der Waals surface area contributed by atoms with Crippen LogP contribution in [-0.4, -0.2) is 4.98 Å². The predicted octanol–water partition coefficient (Wildman–Crippen LogP) is 18.2. The maximum atomic E-state index is 7.01. The number of rotatable bonds is 4. The maximum absolute atomic E-state index is 7.01. The number of para-hydroxylation sites is 3. The van der Waals surface area contributed by atoms with Gasteiger partial charge in [0.2, 0.25) is 0 Å². The van der Waals surface area contributed by atoms with Crippen molar-refractivity contribution in [3.05, 3.63) is 203 Å². The molecule has 0 bridgehead atoms. The zero-order valence-corrected chi connectivity index (χ0v) is 41.3. The minimum absolute atomic E-state index is 0.127. The third-order valence-corrected chi connectivity index (χ3v) is 16.6. The van der Waals surface area contributed by atoms with Gasteiger partial charge in [-0.15, -0.1) is 0 Å². The first-order valence-corrected chi connectivity index (χ1v) is 24.9. The molecule has 0 spiro atoms. The molecular formula is C66H54N2O2. The lowest BCUT2D eigenvalue weighted by Crippen LogP contribution is -2.24. The molecule has 4 nitrogen and oxygen atoms in total. The van der Waals surface area contributed by atoms with E-state index in [1.807, 2.05) is 12.3 Å². The second kappa shape index (κ2) is 13.8.